The van der Waals surface area contributed by atoms with Crippen molar-refractivity contribution in [2.24, 2.45) is 0 Å². The Morgan fingerprint density at radius 3 is 2.44 bits per heavy atom. The van der Waals surface area contributed by atoms with E-state index in [2.05, 4.69) is 30.7 Å². The summed E-state index contributed by atoms with van der Waals surface area (Å²) in [5.41, 5.74) is 2.10. The van der Waals surface area contributed by atoms with E-state index in [1.807, 2.05) is 6.07 Å². The molecule has 9 nitrogen and oxygen atoms in total. The minimum atomic E-state index is -0.580. The number of pyridine rings is 1. The zero-order valence-corrected chi connectivity index (χ0v) is 21.5. The van der Waals surface area contributed by atoms with Crippen molar-refractivity contribution in [3.63, 3.8) is 0 Å². The second-order valence-corrected chi connectivity index (χ2v) is 8.98. The number of aromatic nitrogens is 5. The van der Waals surface area contributed by atoms with E-state index in [4.69, 9.17) is 23.2 Å². The molecule has 0 unspecified atom stereocenters. The minimum Gasteiger partial charge on any atom is -0.345 e. The molecule has 194 valence electrons. The highest BCUT2D eigenvalue weighted by molar-refractivity contribution is 6.38. The van der Waals surface area contributed by atoms with E-state index in [0.717, 1.165) is 6.20 Å². The molecule has 0 aliphatic rings. The molecule has 3 aromatic heterocycles. The topological polar surface area (TPSA) is 115 Å². The Balaban J connectivity index is 1.45. The summed E-state index contributed by atoms with van der Waals surface area (Å²) in [5.74, 6) is -1.33. The summed E-state index contributed by atoms with van der Waals surface area (Å²) in [7, 11) is 0. The molecule has 3 heterocycles. The molecule has 0 saturated carbocycles. The molecule has 0 fully saturated rings. The number of halogens is 3. The van der Waals surface area contributed by atoms with Crippen LogP contribution >= 0.6 is 23.2 Å². The molecular weight excluding hydrogens is 544 g/mol. The van der Waals surface area contributed by atoms with E-state index in [-0.39, 0.29) is 33.7 Å². The fraction of sp³-hybridized carbons (Fsp3) is 0.0370. The van der Waals surface area contributed by atoms with E-state index in [0.29, 0.717) is 22.6 Å². The van der Waals surface area contributed by atoms with E-state index >= 15 is 0 Å². The first-order valence-corrected chi connectivity index (χ1v) is 12.3. The Kier molecular flexibility index (Phi) is 7.57. The predicted octanol–water partition coefficient (Wildman–Crippen LogP) is 5.35. The maximum Gasteiger partial charge on any atom is 0.272 e. The number of rotatable bonds is 7. The van der Waals surface area contributed by atoms with Gasteiger partial charge in [0, 0.05) is 24.0 Å². The van der Waals surface area contributed by atoms with Crippen molar-refractivity contribution in [3.05, 3.63) is 118 Å². The smallest absolute Gasteiger partial charge is 0.272 e. The van der Waals surface area contributed by atoms with Crippen molar-refractivity contribution < 1.29 is 14.0 Å². The molecule has 0 atom stereocenters. The maximum atomic E-state index is 13.4. The van der Waals surface area contributed by atoms with Crippen LogP contribution in [0.4, 0.5) is 10.2 Å². The van der Waals surface area contributed by atoms with E-state index in [9.17, 15) is 14.0 Å². The molecule has 0 aliphatic heterocycles. The lowest BCUT2D eigenvalue weighted by atomic mass is 10.1. The number of para-hydroxylation sites is 1. The van der Waals surface area contributed by atoms with E-state index < -0.39 is 17.6 Å². The van der Waals surface area contributed by atoms with Gasteiger partial charge in [0.25, 0.3) is 11.8 Å². The molecule has 12 heteroatoms. The van der Waals surface area contributed by atoms with Crippen molar-refractivity contribution in [3.8, 4) is 16.9 Å². The average Bonchev–Trinajstić information content (AvgIpc) is 3.37. The van der Waals surface area contributed by atoms with Crippen LogP contribution in [0.15, 0.2) is 85.5 Å². The lowest BCUT2D eigenvalue weighted by Gasteiger charge is -2.12. The van der Waals surface area contributed by atoms with Crippen LogP contribution in [0.5, 0.6) is 0 Å². The lowest BCUT2D eigenvalue weighted by molar-refractivity contribution is 0.0944. The fourth-order valence-corrected chi connectivity index (χ4v) is 4.23. The molecule has 39 heavy (non-hydrogen) atoms. The highest BCUT2D eigenvalue weighted by Crippen LogP contribution is 2.32. The van der Waals surface area contributed by atoms with Crippen LogP contribution in [-0.2, 0) is 6.54 Å². The van der Waals surface area contributed by atoms with Gasteiger partial charge in [-0.2, -0.15) is 5.10 Å². The van der Waals surface area contributed by atoms with Crippen LogP contribution in [0.2, 0.25) is 10.0 Å². The molecule has 5 aromatic rings. The number of hydrogen-bond acceptors (Lipinski definition) is 6. The third kappa shape index (κ3) is 5.92. The predicted molar refractivity (Wildman–Crippen MR) is 144 cm³/mol. The number of carbonyl (C=O) groups is 2. The monoisotopic (exact) mass is 561 g/mol. The number of nitrogens with one attached hydrogen (secondary N) is 2. The molecule has 0 bridgehead atoms. The van der Waals surface area contributed by atoms with Crippen molar-refractivity contribution >= 4 is 40.8 Å². The summed E-state index contributed by atoms with van der Waals surface area (Å²) < 4.78 is 14.8. The Morgan fingerprint density at radius 1 is 0.897 bits per heavy atom. The number of nitrogens with zero attached hydrogens (tertiary/aromatic N) is 5. The molecule has 0 radical (unpaired) electrons. The molecule has 5 rings (SSSR count). The Morgan fingerprint density at radius 2 is 1.72 bits per heavy atom. The Labute approximate surface area is 231 Å². The summed E-state index contributed by atoms with van der Waals surface area (Å²) in [6.07, 6.45) is 5.65. The van der Waals surface area contributed by atoms with E-state index in [1.165, 1.54) is 47.4 Å². The summed E-state index contributed by atoms with van der Waals surface area (Å²) in [6, 6.07) is 16.0. The molecule has 0 saturated heterocycles. The number of anilines is 1. The highest BCUT2D eigenvalue weighted by atomic mass is 35.5. The van der Waals surface area contributed by atoms with Gasteiger partial charge in [-0.25, -0.2) is 9.07 Å². The minimum absolute atomic E-state index is 0.0662. The van der Waals surface area contributed by atoms with Gasteiger partial charge in [0.2, 0.25) is 0 Å². The average molecular weight is 562 g/mol. The first-order valence-electron chi connectivity index (χ1n) is 11.5. The number of amides is 2. The normalized spacial score (nSPS) is 10.7. The fourth-order valence-electron chi connectivity index (χ4n) is 3.67. The van der Waals surface area contributed by atoms with Crippen LogP contribution in [0.25, 0.3) is 16.9 Å². The number of hydrogen-bond donors (Lipinski definition) is 2. The zero-order valence-electron chi connectivity index (χ0n) is 20.0. The zero-order chi connectivity index (χ0) is 27.4. The molecule has 2 amide bonds. The third-order valence-corrected chi connectivity index (χ3v) is 6.16. The lowest BCUT2D eigenvalue weighted by Crippen LogP contribution is -2.24. The van der Waals surface area contributed by atoms with Gasteiger partial charge < -0.3 is 10.6 Å². The molecule has 2 aromatic carbocycles. The van der Waals surface area contributed by atoms with E-state index in [1.54, 1.807) is 30.5 Å². The van der Waals surface area contributed by atoms with Crippen molar-refractivity contribution in [1.29, 1.82) is 0 Å². The third-order valence-electron chi connectivity index (χ3n) is 5.54. The SMILES string of the molecule is O=C(NCc1cnccn1)c1cc(NC(=O)c2cc(-c3ccc(F)cn3)c(Cl)cc2Cl)n(-c2ccccc2)n1. The van der Waals surface area contributed by atoms with Crippen LogP contribution < -0.4 is 10.6 Å². The van der Waals surface area contributed by atoms with Crippen LogP contribution in [0.1, 0.15) is 26.5 Å². The van der Waals surface area contributed by atoms with Gasteiger partial charge >= 0.3 is 0 Å². The molecule has 2 N–H and O–H groups in total. The summed E-state index contributed by atoms with van der Waals surface area (Å²) in [6.45, 7) is 0.146. The standard InChI is InChI=1S/C27H18Cl2FN7O2/c28-21-11-22(29)20(10-19(21)23-7-6-16(30)13-33-23)26(38)35-25-12-24(36-37(25)18-4-2-1-3-5-18)27(39)34-15-17-14-31-8-9-32-17/h1-14H,15H2,(H,34,39)(H,35,38). The Hall–Kier alpha value is -4.67. The van der Waals surface area contributed by atoms with Gasteiger partial charge in [-0.1, -0.05) is 41.4 Å². The number of benzene rings is 2. The molecular formula is C27H18Cl2FN7O2. The van der Waals surface area contributed by atoms with Crippen molar-refractivity contribution in [1.82, 2.24) is 30.0 Å². The van der Waals surface area contributed by atoms with Crippen molar-refractivity contribution in [2.45, 2.75) is 6.54 Å². The first-order chi connectivity index (χ1) is 18.9. The largest absolute Gasteiger partial charge is 0.345 e. The Bertz CT molecular complexity index is 1650. The first kappa shape index (κ1) is 26.0. The van der Waals surface area contributed by atoms with Crippen LogP contribution in [0, 0.1) is 5.82 Å². The van der Waals surface area contributed by atoms with Crippen molar-refractivity contribution in [2.75, 3.05) is 5.32 Å². The van der Waals surface area contributed by atoms with Crippen LogP contribution in [-0.4, -0.2) is 36.5 Å². The molecule has 0 spiro atoms. The van der Waals surface area contributed by atoms with Gasteiger partial charge in [-0.05, 0) is 36.4 Å². The second-order valence-electron chi connectivity index (χ2n) is 8.17. The maximum absolute atomic E-state index is 13.4. The van der Waals surface area contributed by atoms with Crippen LogP contribution in [0.3, 0.4) is 0 Å². The second kappa shape index (κ2) is 11.4. The summed E-state index contributed by atoms with van der Waals surface area (Å²) in [4.78, 5) is 38.4. The van der Waals surface area contributed by atoms with Gasteiger partial charge in [0.05, 0.1) is 51.6 Å². The number of carbonyl (C=O) groups excluding carboxylic acids is 2. The van der Waals surface area contributed by atoms with Gasteiger partial charge in [0.1, 0.15) is 11.6 Å². The quantitative estimate of drug-likeness (QED) is 0.276. The van der Waals surface area contributed by atoms with Gasteiger partial charge in [0.15, 0.2) is 5.69 Å². The summed E-state index contributed by atoms with van der Waals surface area (Å²) in [5, 5.41) is 10.3. The molecule has 0 aliphatic carbocycles. The van der Waals surface area contributed by atoms with Gasteiger partial charge in [-0.15, -0.1) is 0 Å². The summed E-state index contributed by atoms with van der Waals surface area (Å²) >= 11 is 12.7. The highest BCUT2D eigenvalue weighted by Gasteiger charge is 2.21. The van der Waals surface area contributed by atoms with Gasteiger partial charge in [-0.3, -0.25) is 24.5 Å².